The van der Waals surface area contributed by atoms with Crippen LogP contribution in [0.5, 0.6) is 0 Å². The van der Waals surface area contributed by atoms with Gasteiger partial charge in [0.1, 0.15) is 10.3 Å². The Morgan fingerprint density at radius 3 is 2.67 bits per heavy atom. The number of aromatic amines is 1. The number of rotatable bonds is 3. The van der Waals surface area contributed by atoms with Crippen LogP contribution in [-0.2, 0) is 13.6 Å². The first-order valence-electron chi connectivity index (χ1n) is 8.70. The van der Waals surface area contributed by atoms with E-state index in [1.54, 1.807) is 19.3 Å². The molecule has 1 fully saturated rings. The highest BCUT2D eigenvalue weighted by Gasteiger charge is 2.21. The normalized spacial score (nSPS) is 15.4. The number of piperazine rings is 1. The maximum atomic E-state index is 12.2. The Labute approximate surface area is 163 Å². The number of nitrogens with zero attached hydrogens (tertiary/aromatic N) is 5. The summed E-state index contributed by atoms with van der Waals surface area (Å²) in [6.45, 7) is 3.73. The van der Waals surface area contributed by atoms with Crippen LogP contribution in [0.15, 0.2) is 44.5 Å². The smallest absolute Gasteiger partial charge is 0.282 e. The molecule has 0 aliphatic carbocycles. The molecule has 0 radical (unpaired) electrons. The number of hydrogen-bond acceptors (Lipinski definition) is 6. The van der Waals surface area contributed by atoms with Gasteiger partial charge >= 0.3 is 0 Å². The van der Waals surface area contributed by atoms with Crippen molar-refractivity contribution in [3.63, 3.8) is 0 Å². The fourth-order valence-corrected chi connectivity index (χ4v) is 3.90. The van der Waals surface area contributed by atoms with Gasteiger partial charge in [0.25, 0.3) is 11.1 Å². The maximum Gasteiger partial charge on any atom is 0.282 e. The number of H-pyrrole nitrogens is 1. The van der Waals surface area contributed by atoms with E-state index in [2.05, 4.69) is 40.8 Å². The van der Waals surface area contributed by atoms with Crippen LogP contribution in [0, 0.1) is 0 Å². The van der Waals surface area contributed by atoms with Gasteiger partial charge in [0.2, 0.25) is 0 Å². The molecule has 3 aromatic rings. The largest absolute Gasteiger partial charge is 0.367 e. The highest BCUT2D eigenvalue weighted by atomic mass is 79.9. The molecule has 1 aliphatic heterocycles. The molecule has 1 aliphatic rings. The van der Waals surface area contributed by atoms with E-state index < -0.39 is 0 Å². The lowest BCUT2D eigenvalue weighted by Crippen LogP contribution is -2.47. The van der Waals surface area contributed by atoms with E-state index in [9.17, 15) is 9.59 Å². The average Bonchev–Trinajstić information content (AvgIpc) is 2.67. The van der Waals surface area contributed by atoms with Crippen LogP contribution in [0.25, 0.3) is 10.9 Å². The topological polar surface area (TPSA) is 87.1 Å². The van der Waals surface area contributed by atoms with Gasteiger partial charge in [0.05, 0.1) is 29.3 Å². The Bertz CT molecular complexity index is 1100. The summed E-state index contributed by atoms with van der Waals surface area (Å²) in [5.74, 6) is 0.670. The molecule has 27 heavy (non-hydrogen) atoms. The lowest BCUT2D eigenvalue weighted by atomic mass is 10.2. The number of nitrogens with one attached hydrogen (secondary N) is 1. The van der Waals surface area contributed by atoms with Gasteiger partial charge in [-0.2, -0.15) is 5.10 Å². The average molecular weight is 431 g/mol. The number of fused-ring (bicyclic) bond motifs is 1. The van der Waals surface area contributed by atoms with E-state index in [1.165, 1.54) is 4.68 Å². The summed E-state index contributed by atoms with van der Waals surface area (Å²) < 4.78 is 1.85. The van der Waals surface area contributed by atoms with E-state index >= 15 is 0 Å². The Balaban J connectivity index is 1.47. The minimum atomic E-state index is -0.145. The molecule has 0 spiro atoms. The third-order valence-corrected chi connectivity index (χ3v) is 5.55. The molecule has 140 valence electrons. The van der Waals surface area contributed by atoms with Gasteiger partial charge < -0.3 is 9.88 Å². The van der Waals surface area contributed by atoms with Crippen LogP contribution in [-0.4, -0.2) is 50.8 Å². The first-order valence-corrected chi connectivity index (χ1v) is 9.49. The monoisotopic (exact) mass is 430 g/mol. The standard InChI is InChI=1S/C18H19BrN6O2/c1-23-18(27)16(19)14(10-20-23)25-8-6-24(7-9-25)11-15-21-13-5-3-2-4-12(13)17(26)22-15/h2-5,10H,6-9,11H2,1H3,(H,21,22,26). The van der Waals surface area contributed by atoms with Crippen LogP contribution in [0.2, 0.25) is 0 Å². The number of halogens is 1. The summed E-state index contributed by atoms with van der Waals surface area (Å²) in [6, 6.07) is 7.35. The summed E-state index contributed by atoms with van der Waals surface area (Å²) in [5.41, 5.74) is 1.28. The molecule has 1 N–H and O–H groups in total. The lowest BCUT2D eigenvalue weighted by molar-refractivity contribution is 0.244. The first kappa shape index (κ1) is 17.9. The second-order valence-corrected chi connectivity index (χ2v) is 7.36. The lowest BCUT2D eigenvalue weighted by Gasteiger charge is -2.35. The van der Waals surface area contributed by atoms with E-state index in [4.69, 9.17) is 0 Å². The number of para-hydroxylation sites is 1. The predicted molar refractivity (Wildman–Crippen MR) is 107 cm³/mol. The van der Waals surface area contributed by atoms with E-state index in [1.807, 2.05) is 18.2 Å². The maximum absolute atomic E-state index is 12.2. The molecule has 2 aromatic heterocycles. The van der Waals surface area contributed by atoms with Crippen LogP contribution in [0.4, 0.5) is 5.69 Å². The van der Waals surface area contributed by atoms with Crippen molar-refractivity contribution in [2.45, 2.75) is 6.54 Å². The van der Waals surface area contributed by atoms with Crippen LogP contribution in [0.3, 0.4) is 0 Å². The van der Waals surface area contributed by atoms with Gasteiger partial charge in [-0.05, 0) is 28.1 Å². The summed E-state index contributed by atoms with van der Waals surface area (Å²) in [5, 5.41) is 4.71. The number of aromatic nitrogens is 4. The third kappa shape index (κ3) is 3.52. The van der Waals surface area contributed by atoms with E-state index in [-0.39, 0.29) is 11.1 Å². The van der Waals surface area contributed by atoms with Gasteiger partial charge in [0, 0.05) is 33.2 Å². The van der Waals surface area contributed by atoms with Crippen molar-refractivity contribution in [2.75, 3.05) is 31.1 Å². The molecular formula is C18H19BrN6O2. The molecule has 0 unspecified atom stereocenters. The Morgan fingerprint density at radius 2 is 1.89 bits per heavy atom. The minimum absolute atomic E-state index is 0.107. The predicted octanol–water partition coefficient (Wildman–Crippen LogP) is 1.10. The van der Waals surface area contributed by atoms with Crippen LogP contribution in [0.1, 0.15) is 5.82 Å². The number of hydrogen-bond donors (Lipinski definition) is 1. The molecule has 0 bridgehead atoms. The zero-order valence-corrected chi connectivity index (χ0v) is 16.4. The van der Waals surface area contributed by atoms with Gasteiger partial charge in [-0.3, -0.25) is 14.5 Å². The molecule has 8 nitrogen and oxygen atoms in total. The fourth-order valence-electron chi connectivity index (χ4n) is 3.29. The summed E-state index contributed by atoms with van der Waals surface area (Å²) in [4.78, 5) is 36.1. The molecule has 1 saturated heterocycles. The molecule has 1 aromatic carbocycles. The Kier molecular flexibility index (Phi) is 4.79. The van der Waals surface area contributed by atoms with Crippen molar-refractivity contribution >= 4 is 32.5 Å². The Hall–Kier alpha value is -2.52. The third-order valence-electron chi connectivity index (χ3n) is 4.81. The van der Waals surface area contributed by atoms with E-state index in [0.717, 1.165) is 31.9 Å². The van der Waals surface area contributed by atoms with Crippen molar-refractivity contribution < 1.29 is 0 Å². The van der Waals surface area contributed by atoms with Crippen LogP contribution >= 0.6 is 15.9 Å². The highest BCUT2D eigenvalue weighted by molar-refractivity contribution is 9.10. The fraction of sp³-hybridized carbons (Fsp3) is 0.333. The van der Waals surface area contributed by atoms with Crippen molar-refractivity contribution in [1.29, 1.82) is 0 Å². The van der Waals surface area contributed by atoms with Crippen molar-refractivity contribution in [2.24, 2.45) is 7.05 Å². The van der Waals surface area contributed by atoms with Crippen molar-refractivity contribution in [1.82, 2.24) is 24.6 Å². The van der Waals surface area contributed by atoms with Gasteiger partial charge in [0.15, 0.2) is 0 Å². The number of benzene rings is 1. The highest BCUT2D eigenvalue weighted by Crippen LogP contribution is 2.22. The molecule has 0 amide bonds. The Morgan fingerprint density at radius 1 is 1.15 bits per heavy atom. The van der Waals surface area contributed by atoms with Gasteiger partial charge in [-0.25, -0.2) is 9.67 Å². The van der Waals surface area contributed by atoms with Crippen molar-refractivity contribution in [3.05, 3.63) is 61.5 Å². The molecule has 3 heterocycles. The van der Waals surface area contributed by atoms with Gasteiger partial charge in [-0.15, -0.1) is 0 Å². The number of aryl methyl sites for hydroxylation is 1. The zero-order valence-electron chi connectivity index (χ0n) is 14.9. The zero-order chi connectivity index (χ0) is 19.0. The first-order chi connectivity index (χ1) is 13.0. The summed E-state index contributed by atoms with van der Waals surface area (Å²) in [6.07, 6.45) is 1.71. The molecule has 9 heteroatoms. The molecular weight excluding hydrogens is 412 g/mol. The molecule has 0 atom stereocenters. The SMILES string of the molecule is Cn1ncc(N2CCN(Cc3nc4ccccc4c(=O)[nH]3)CC2)c(Br)c1=O. The molecule has 4 rings (SSSR count). The second kappa shape index (κ2) is 7.24. The second-order valence-electron chi connectivity index (χ2n) is 6.57. The summed E-state index contributed by atoms with van der Waals surface area (Å²) >= 11 is 3.39. The number of anilines is 1. The van der Waals surface area contributed by atoms with Crippen LogP contribution < -0.4 is 16.0 Å². The quantitative estimate of drug-likeness (QED) is 0.669. The van der Waals surface area contributed by atoms with Crippen molar-refractivity contribution in [3.8, 4) is 0 Å². The minimum Gasteiger partial charge on any atom is -0.367 e. The summed E-state index contributed by atoms with van der Waals surface area (Å²) in [7, 11) is 1.63. The van der Waals surface area contributed by atoms with E-state index in [0.29, 0.717) is 27.7 Å². The van der Waals surface area contributed by atoms with Gasteiger partial charge in [-0.1, -0.05) is 12.1 Å². The molecule has 0 saturated carbocycles.